The molecule has 0 aromatic heterocycles. The SMILES string of the molecule is CCC(C)N1C2CCC1CC(=CC(=O)O)C2. The number of carboxylic acid groups (broad SMARTS) is 1. The first kappa shape index (κ1) is 11.6. The fourth-order valence-corrected chi connectivity index (χ4v) is 3.31. The average molecular weight is 223 g/mol. The highest BCUT2D eigenvalue weighted by Gasteiger charge is 2.40. The minimum Gasteiger partial charge on any atom is -0.478 e. The third-order valence-electron chi connectivity index (χ3n) is 4.10. The Morgan fingerprint density at radius 1 is 1.50 bits per heavy atom. The largest absolute Gasteiger partial charge is 0.478 e. The fraction of sp³-hybridized carbons (Fsp3) is 0.769. The number of nitrogens with zero attached hydrogens (tertiary/aromatic N) is 1. The lowest BCUT2D eigenvalue weighted by molar-refractivity contribution is -0.131. The molecule has 0 aliphatic carbocycles. The molecule has 16 heavy (non-hydrogen) atoms. The van der Waals surface area contributed by atoms with Gasteiger partial charge in [0.2, 0.25) is 0 Å². The van der Waals surface area contributed by atoms with Crippen LogP contribution in [0.4, 0.5) is 0 Å². The number of carbonyl (C=O) groups is 1. The Balaban J connectivity index is 2.09. The van der Waals surface area contributed by atoms with E-state index in [0.717, 1.165) is 18.4 Å². The number of hydrogen-bond acceptors (Lipinski definition) is 2. The smallest absolute Gasteiger partial charge is 0.328 e. The highest BCUT2D eigenvalue weighted by atomic mass is 16.4. The summed E-state index contributed by atoms with van der Waals surface area (Å²) in [5.41, 5.74) is 1.14. The van der Waals surface area contributed by atoms with Gasteiger partial charge in [-0.2, -0.15) is 0 Å². The van der Waals surface area contributed by atoms with Crippen LogP contribution in [0.2, 0.25) is 0 Å². The molecule has 2 aliphatic heterocycles. The molecule has 3 unspecified atom stereocenters. The Kier molecular flexibility index (Phi) is 3.33. The monoisotopic (exact) mass is 223 g/mol. The first-order valence-electron chi connectivity index (χ1n) is 6.31. The second-order valence-electron chi connectivity index (χ2n) is 5.14. The number of hydrogen-bond donors (Lipinski definition) is 1. The quantitative estimate of drug-likeness (QED) is 0.747. The maximum Gasteiger partial charge on any atom is 0.328 e. The maximum absolute atomic E-state index is 10.7. The molecule has 3 nitrogen and oxygen atoms in total. The molecule has 2 bridgehead atoms. The van der Waals surface area contributed by atoms with E-state index in [2.05, 4.69) is 18.7 Å². The second-order valence-corrected chi connectivity index (χ2v) is 5.14. The van der Waals surface area contributed by atoms with Crippen LogP contribution in [0.3, 0.4) is 0 Å². The van der Waals surface area contributed by atoms with Crippen LogP contribution in [0, 0.1) is 0 Å². The molecule has 0 aromatic rings. The second kappa shape index (κ2) is 4.58. The lowest BCUT2D eigenvalue weighted by atomic mass is 9.94. The van der Waals surface area contributed by atoms with E-state index in [1.54, 1.807) is 0 Å². The van der Waals surface area contributed by atoms with Crippen LogP contribution in [0.25, 0.3) is 0 Å². The van der Waals surface area contributed by atoms with Crippen LogP contribution in [0.1, 0.15) is 46.0 Å². The molecule has 2 heterocycles. The van der Waals surface area contributed by atoms with Gasteiger partial charge in [0.15, 0.2) is 0 Å². The van der Waals surface area contributed by atoms with Gasteiger partial charge in [-0.05, 0) is 39.0 Å². The van der Waals surface area contributed by atoms with Crippen molar-refractivity contribution in [2.75, 3.05) is 0 Å². The molecule has 0 radical (unpaired) electrons. The highest BCUT2D eigenvalue weighted by molar-refractivity contribution is 5.80. The molecule has 0 spiro atoms. The summed E-state index contributed by atoms with van der Waals surface area (Å²) < 4.78 is 0. The van der Waals surface area contributed by atoms with Crippen LogP contribution in [0.15, 0.2) is 11.6 Å². The lowest BCUT2D eigenvalue weighted by Gasteiger charge is -2.40. The Hall–Kier alpha value is -0.830. The molecular weight excluding hydrogens is 202 g/mol. The topological polar surface area (TPSA) is 40.5 Å². The molecule has 3 heteroatoms. The summed E-state index contributed by atoms with van der Waals surface area (Å²) in [6.07, 6.45) is 7.03. The summed E-state index contributed by atoms with van der Waals surface area (Å²) in [6, 6.07) is 1.84. The molecule has 2 saturated heterocycles. The normalized spacial score (nSPS) is 31.5. The minimum atomic E-state index is -0.786. The number of rotatable bonds is 3. The van der Waals surface area contributed by atoms with Crippen LogP contribution in [-0.4, -0.2) is 34.1 Å². The van der Waals surface area contributed by atoms with Gasteiger partial charge in [-0.3, -0.25) is 4.90 Å². The van der Waals surface area contributed by atoms with Crippen molar-refractivity contribution in [2.45, 2.75) is 64.1 Å². The molecule has 0 aromatic carbocycles. The predicted molar refractivity (Wildman–Crippen MR) is 63.4 cm³/mol. The minimum absolute atomic E-state index is 0.597. The Morgan fingerprint density at radius 3 is 2.50 bits per heavy atom. The zero-order valence-electron chi connectivity index (χ0n) is 10.1. The van der Waals surface area contributed by atoms with Crippen LogP contribution in [0.5, 0.6) is 0 Å². The zero-order valence-corrected chi connectivity index (χ0v) is 10.1. The van der Waals surface area contributed by atoms with E-state index in [0.29, 0.717) is 18.1 Å². The summed E-state index contributed by atoms with van der Waals surface area (Å²) in [7, 11) is 0. The molecule has 3 atom stereocenters. The first-order valence-corrected chi connectivity index (χ1v) is 6.31. The standard InChI is InChI=1S/C13H21NO2/c1-3-9(2)14-11-4-5-12(14)7-10(6-11)8-13(15)16/h8-9,11-12H,3-7H2,1-2H3,(H,15,16). The molecule has 2 rings (SSSR count). The molecule has 90 valence electrons. The van der Waals surface area contributed by atoms with Crippen LogP contribution < -0.4 is 0 Å². The summed E-state index contributed by atoms with van der Waals surface area (Å²) in [4.78, 5) is 13.3. The molecule has 2 aliphatic rings. The lowest BCUT2D eigenvalue weighted by Crippen LogP contribution is -2.45. The van der Waals surface area contributed by atoms with Crippen molar-refractivity contribution >= 4 is 5.97 Å². The van der Waals surface area contributed by atoms with Gasteiger partial charge in [0, 0.05) is 24.2 Å². The van der Waals surface area contributed by atoms with Gasteiger partial charge < -0.3 is 5.11 Å². The van der Waals surface area contributed by atoms with E-state index >= 15 is 0 Å². The van der Waals surface area contributed by atoms with Gasteiger partial charge in [-0.1, -0.05) is 12.5 Å². The number of piperidine rings is 1. The Labute approximate surface area is 97.1 Å². The summed E-state index contributed by atoms with van der Waals surface area (Å²) in [6.45, 7) is 4.52. The number of fused-ring (bicyclic) bond motifs is 2. The fourth-order valence-electron chi connectivity index (χ4n) is 3.31. The Morgan fingerprint density at radius 2 is 2.06 bits per heavy atom. The van der Waals surface area contributed by atoms with Gasteiger partial charge >= 0.3 is 5.97 Å². The maximum atomic E-state index is 10.7. The van der Waals surface area contributed by atoms with Gasteiger partial charge in [0.1, 0.15) is 0 Å². The molecule has 2 fully saturated rings. The molecular formula is C13H21NO2. The van der Waals surface area contributed by atoms with Gasteiger partial charge in [0.25, 0.3) is 0 Å². The van der Waals surface area contributed by atoms with Crippen LogP contribution in [-0.2, 0) is 4.79 Å². The zero-order chi connectivity index (χ0) is 11.7. The van der Waals surface area contributed by atoms with Crippen molar-refractivity contribution in [3.63, 3.8) is 0 Å². The Bertz CT molecular complexity index is 295. The van der Waals surface area contributed by atoms with Crippen LogP contribution >= 0.6 is 0 Å². The molecule has 1 N–H and O–H groups in total. The number of carboxylic acids is 1. The van der Waals surface area contributed by atoms with E-state index in [9.17, 15) is 4.79 Å². The van der Waals surface area contributed by atoms with Crippen molar-refractivity contribution in [1.82, 2.24) is 4.90 Å². The summed E-state index contributed by atoms with van der Waals surface area (Å²) >= 11 is 0. The van der Waals surface area contributed by atoms with E-state index in [1.165, 1.54) is 25.3 Å². The average Bonchev–Trinajstić information content (AvgIpc) is 2.49. The third-order valence-corrected chi connectivity index (χ3v) is 4.10. The molecule has 0 saturated carbocycles. The van der Waals surface area contributed by atoms with Gasteiger partial charge in [-0.25, -0.2) is 4.79 Å². The van der Waals surface area contributed by atoms with Crippen molar-refractivity contribution in [3.8, 4) is 0 Å². The molecule has 0 amide bonds. The van der Waals surface area contributed by atoms with E-state index in [4.69, 9.17) is 5.11 Å². The van der Waals surface area contributed by atoms with Crippen molar-refractivity contribution in [1.29, 1.82) is 0 Å². The van der Waals surface area contributed by atoms with Crippen molar-refractivity contribution in [2.24, 2.45) is 0 Å². The van der Waals surface area contributed by atoms with E-state index in [1.807, 2.05) is 0 Å². The third kappa shape index (κ3) is 2.14. The first-order chi connectivity index (χ1) is 7.61. The van der Waals surface area contributed by atoms with E-state index < -0.39 is 5.97 Å². The van der Waals surface area contributed by atoms with Gasteiger partial charge in [0.05, 0.1) is 0 Å². The predicted octanol–water partition coefficient (Wildman–Crippen LogP) is 2.42. The van der Waals surface area contributed by atoms with E-state index in [-0.39, 0.29) is 0 Å². The highest BCUT2D eigenvalue weighted by Crippen LogP contribution is 2.39. The summed E-state index contributed by atoms with van der Waals surface area (Å²) in [5.74, 6) is -0.786. The van der Waals surface area contributed by atoms with Gasteiger partial charge in [-0.15, -0.1) is 0 Å². The van der Waals surface area contributed by atoms with Crippen molar-refractivity contribution < 1.29 is 9.90 Å². The van der Waals surface area contributed by atoms with Crippen molar-refractivity contribution in [3.05, 3.63) is 11.6 Å². The number of aliphatic carboxylic acids is 1. The summed E-state index contributed by atoms with van der Waals surface area (Å²) in [5, 5.41) is 8.79.